The van der Waals surface area contributed by atoms with Crippen LogP contribution in [-0.4, -0.2) is 33.9 Å². The zero-order valence-electron chi connectivity index (χ0n) is 8.85. The second-order valence-electron chi connectivity index (χ2n) is 3.51. The second-order valence-corrected chi connectivity index (χ2v) is 5.26. The lowest BCUT2D eigenvalue weighted by molar-refractivity contribution is 0.475. The van der Waals surface area contributed by atoms with Crippen LogP contribution in [0.25, 0.3) is 0 Å². The Labute approximate surface area is 89.4 Å². The predicted octanol–water partition coefficient (Wildman–Crippen LogP) is 0.830. The number of nitrogens with one attached hydrogen (secondary N) is 1. The molecule has 5 nitrogen and oxygen atoms in total. The molecule has 1 aromatic carbocycles. The van der Waals surface area contributed by atoms with Gasteiger partial charge in [0.15, 0.2) is 0 Å². The number of phenols is 1. The van der Waals surface area contributed by atoms with E-state index in [0.717, 1.165) is 11.9 Å². The maximum atomic E-state index is 11.0. The summed E-state index contributed by atoms with van der Waals surface area (Å²) in [5.74, 6) is 0.0207. The van der Waals surface area contributed by atoms with E-state index in [-0.39, 0.29) is 5.75 Å². The minimum absolute atomic E-state index is 0.0207. The summed E-state index contributed by atoms with van der Waals surface area (Å²) in [7, 11) is 0.293. The molecule has 2 N–H and O–H groups in total. The molecule has 0 bridgehead atoms. The highest BCUT2D eigenvalue weighted by Gasteiger charge is 2.05. The lowest BCUT2D eigenvalue weighted by Crippen LogP contribution is -2.12. The molecule has 0 heterocycles. The van der Waals surface area contributed by atoms with E-state index in [1.807, 2.05) is 0 Å². The molecule has 0 aliphatic rings. The second kappa shape index (κ2) is 3.98. The first kappa shape index (κ1) is 11.6. The quantitative estimate of drug-likeness (QED) is 0.807. The molecule has 6 heteroatoms. The van der Waals surface area contributed by atoms with Crippen molar-refractivity contribution in [3.8, 4) is 5.75 Å². The van der Waals surface area contributed by atoms with E-state index in [1.165, 1.54) is 6.07 Å². The first-order valence-corrected chi connectivity index (χ1v) is 6.16. The molecule has 0 spiro atoms. The number of sulfonamides is 1. The Balaban J connectivity index is 3.10. The minimum atomic E-state index is -3.32. The third-order valence-corrected chi connectivity index (χ3v) is 2.33. The van der Waals surface area contributed by atoms with Crippen LogP contribution in [0.3, 0.4) is 0 Å². The van der Waals surface area contributed by atoms with Gasteiger partial charge in [0.2, 0.25) is 10.0 Å². The van der Waals surface area contributed by atoms with E-state index in [1.54, 1.807) is 31.1 Å². The molecule has 84 valence electrons. The normalized spacial score (nSPS) is 11.1. The van der Waals surface area contributed by atoms with Crippen molar-refractivity contribution in [2.45, 2.75) is 0 Å². The standard InChI is InChI=1S/C9H14N2O3S/c1-11(2)8-4-7(5-9(12)6-8)10-15(3,13)14/h4-6,10,12H,1-3H3. The maximum Gasteiger partial charge on any atom is 0.229 e. The minimum Gasteiger partial charge on any atom is -0.508 e. The highest BCUT2D eigenvalue weighted by Crippen LogP contribution is 2.25. The fourth-order valence-corrected chi connectivity index (χ4v) is 1.67. The van der Waals surface area contributed by atoms with Crippen LogP contribution in [-0.2, 0) is 10.0 Å². The average Bonchev–Trinajstić information content (AvgIpc) is 1.99. The zero-order valence-corrected chi connectivity index (χ0v) is 9.67. The number of hydrogen-bond donors (Lipinski definition) is 2. The number of benzene rings is 1. The molecule has 0 amide bonds. The molecule has 0 radical (unpaired) electrons. The first-order chi connectivity index (χ1) is 6.78. The van der Waals surface area contributed by atoms with Crippen molar-refractivity contribution in [3.05, 3.63) is 18.2 Å². The number of phenolic OH excluding ortho intramolecular Hbond substituents is 1. The number of nitrogens with zero attached hydrogens (tertiary/aromatic N) is 1. The van der Waals surface area contributed by atoms with Crippen LogP contribution in [0, 0.1) is 0 Å². The van der Waals surface area contributed by atoms with E-state index < -0.39 is 10.0 Å². The van der Waals surface area contributed by atoms with E-state index >= 15 is 0 Å². The molecule has 1 aromatic rings. The molecule has 0 aromatic heterocycles. The fraction of sp³-hybridized carbons (Fsp3) is 0.333. The highest BCUT2D eigenvalue weighted by atomic mass is 32.2. The Kier molecular flexibility index (Phi) is 3.09. The lowest BCUT2D eigenvalue weighted by Gasteiger charge is -2.14. The molecular weight excluding hydrogens is 216 g/mol. The van der Waals surface area contributed by atoms with Crippen molar-refractivity contribution in [3.63, 3.8) is 0 Å². The van der Waals surface area contributed by atoms with E-state index in [2.05, 4.69) is 4.72 Å². The smallest absolute Gasteiger partial charge is 0.229 e. The largest absolute Gasteiger partial charge is 0.508 e. The van der Waals surface area contributed by atoms with Crippen molar-refractivity contribution < 1.29 is 13.5 Å². The Morgan fingerprint density at radius 2 is 1.87 bits per heavy atom. The number of aromatic hydroxyl groups is 1. The van der Waals surface area contributed by atoms with Crippen LogP contribution in [0.15, 0.2) is 18.2 Å². The monoisotopic (exact) mass is 230 g/mol. The van der Waals surface area contributed by atoms with Gasteiger partial charge < -0.3 is 10.0 Å². The van der Waals surface area contributed by atoms with E-state index in [0.29, 0.717) is 5.69 Å². The third kappa shape index (κ3) is 3.67. The van der Waals surface area contributed by atoms with Gasteiger partial charge in [-0.05, 0) is 6.07 Å². The summed E-state index contributed by atoms with van der Waals surface area (Å²) in [5.41, 5.74) is 1.07. The van der Waals surface area contributed by atoms with Crippen LogP contribution in [0.1, 0.15) is 0 Å². The van der Waals surface area contributed by atoms with Gasteiger partial charge in [-0.3, -0.25) is 4.72 Å². The van der Waals surface area contributed by atoms with Gasteiger partial charge >= 0.3 is 0 Å². The predicted molar refractivity (Wildman–Crippen MR) is 60.9 cm³/mol. The summed E-state index contributed by atoms with van der Waals surface area (Å²) in [6, 6.07) is 4.54. The molecular formula is C9H14N2O3S. The van der Waals surface area contributed by atoms with Crippen molar-refractivity contribution in [2.75, 3.05) is 30.0 Å². The molecule has 0 unspecified atom stereocenters. The number of anilines is 2. The SMILES string of the molecule is CN(C)c1cc(O)cc(NS(C)(=O)=O)c1. The zero-order chi connectivity index (χ0) is 11.6. The van der Waals surface area contributed by atoms with E-state index in [9.17, 15) is 13.5 Å². The summed E-state index contributed by atoms with van der Waals surface area (Å²) in [5, 5.41) is 9.38. The Bertz CT molecular complexity index is 454. The molecule has 15 heavy (non-hydrogen) atoms. The molecule has 0 fully saturated rings. The summed E-state index contributed by atoms with van der Waals surface area (Å²) in [4.78, 5) is 1.77. The maximum absolute atomic E-state index is 11.0. The molecule has 0 aliphatic carbocycles. The van der Waals surface area contributed by atoms with Crippen LogP contribution in [0.4, 0.5) is 11.4 Å². The third-order valence-electron chi connectivity index (χ3n) is 1.72. The Morgan fingerprint density at radius 3 is 2.33 bits per heavy atom. The Hall–Kier alpha value is -1.43. The van der Waals surface area contributed by atoms with Gasteiger partial charge in [0, 0.05) is 31.9 Å². The van der Waals surface area contributed by atoms with Gasteiger partial charge in [0.25, 0.3) is 0 Å². The van der Waals surface area contributed by atoms with Crippen molar-refractivity contribution in [2.24, 2.45) is 0 Å². The lowest BCUT2D eigenvalue weighted by atomic mass is 10.2. The van der Waals surface area contributed by atoms with Gasteiger partial charge in [-0.1, -0.05) is 0 Å². The van der Waals surface area contributed by atoms with Crippen molar-refractivity contribution in [1.29, 1.82) is 0 Å². The molecule has 0 atom stereocenters. The average molecular weight is 230 g/mol. The highest BCUT2D eigenvalue weighted by molar-refractivity contribution is 7.92. The van der Waals surface area contributed by atoms with Gasteiger partial charge in [-0.2, -0.15) is 0 Å². The first-order valence-electron chi connectivity index (χ1n) is 4.27. The Morgan fingerprint density at radius 1 is 1.27 bits per heavy atom. The van der Waals surface area contributed by atoms with Crippen LogP contribution in [0.5, 0.6) is 5.75 Å². The van der Waals surface area contributed by atoms with Crippen LogP contribution in [0.2, 0.25) is 0 Å². The molecule has 0 saturated carbocycles. The van der Waals surface area contributed by atoms with Gasteiger partial charge in [-0.15, -0.1) is 0 Å². The topological polar surface area (TPSA) is 69.6 Å². The van der Waals surface area contributed by atoms with Gasteiger partial charge in [0.05, 0.1) is 11.9 Å². The number of hydrogen-bond acceptors (Lipinski definition) is 4. The summed E-state index contributed by atoms with van der Waals surface area (Å²) in [6.07, 6.45) is 1.06. The molecule has 0 aliphatic heterocycles. The van der Waals surface area contributed by atoms with Gasteiger partial charge in [0.1, 0.15) is 5.75 Å². The molecule has 1 rings (SSSR count). The van der Waals surface area contributed by atoms with E-state index in [4.69, 9.17) is 0 Å². The fourth-order valence-electron chi connectivity index (χ4n) is 1.13. The summed E-state index contributed by atoms with van der Waals surface area (Å²) >= 11 is 0. The van der Waals surface area contributed by atoms with Gasteiger partial charge in [-0.25, -0.2) is 8.42 Å². The van der Waals surface area contributed by atoms with Crippen LogP contribution < -0.4 is 9.62 Å². The van der Waals surface area contributed by atoms with Crippen molar-refractivity contribution in [1.82, 2.24) is 0 Å². The summed E-state index contributed by atoms with van der Waals surface area (Å²) in [6.45, 7) is 0. The molecule has 0 saturated heterocycles. The number of rotatable bonds is 3. The van der Waals surface area contributed by atoms with Crippen LogP contribution >= 0.6 is 0 Å². The van der Waals surface area contributed by atoms with Crippen molar-refractivity contribution >= 4 is 21.4 Å². The summed E-state index contributed by atoms with van der Waals surface area (Å²) < 4.78 is 24.3.